The van der Waals surface area contributed by atoms with Crippen molar-refractivity contribution < 1.29 is 13.2 Å². The molecule has 0 aliphatic carbocycles. The lowest BCUT2D eigenvalue weighted by Crippen LogP contribution is -2.49. The highest BCUT2D eigenvalue weighted by atomic mass is 32.2. The van der Waals surface area contributed by atoms with Crippen molar-refractivity contribution in [2.45, 2.75) is 43.0 Å². The van der Waals surface area contributed by atoms with Gasteiger partial charge in [0.1, 0.15) is 17.0 Å². The molecule has 11 nitrogen and oxygen atoms in total. The fourth-order valence-corrected chi connectivity index (χ4v) is 6.51. The van der Waals surface area contributed by atoms with E-state index in [0.717, 1.165) is 49.9 Å². The maximum absolute atomic E-state index is 13.2. The van der Waals surface area contributed by atoms with Crippen LogP contribution in [-0.4, -0.2) is 77.6 Å². The molecule has 186 valence electrons. The first-order chi connectivity index (χ1) is 17.0. The average Bonchev–Trinajstić information content (AvgIpc) is 3.37. The minimum absolute atomic E-state index is 0.0114. The normalized spacial score (nSPS) is 19.5. The highest BCUT2D eigenvalue weighted by molar-refractivity contribution is 7.89. The number of carbonyl (C=O) groups is 1. The predicted octanol–water partition coefficient (Wildman–Crippen LogP) is 1.72. The number of nitrogens with one attached hydrogen (secondary N) is 3. The van der Waals surface area contributed by atoms with E-state index in [4.69, 9.17) is 0 Å². The molecule has 2 aromatic heterocycles. The summed E-state index contributed by atoms with van der Waals surface area (Å²) in [5.74, 6) is 0.621. The fraction of sp³-hybridized carbons (Fsp3) is 0.478. The Labute approximate surface area is 204 Å². The number of rotatable bonds is 7. The first-order valence-corrected chi connectivity index (χ1v) is 13.5. The molecule has 35 heavy (non-hydrogen) atoms. The van der Waals surface area contributed by atoms with Gasteiger partial charge in [0.2, 0.25) is 15.9 Å². The van der Waals surface area contributed by atoms with E-state index < -0.39 is 10.0 Å². The maximum Gasteiger partial charge on any atom is 0.245 e. The molecule has 1 amide bonds. The van der Waals surface area contributed by atoms with E-state index in [1.807, 2.05) is 0 Å². The maximum atomic E-state index is 13.2. The van der Waals surface area contributed by atoms with Crippen LogP contribution in [0, 0.1) is 0 Å². The Kier molecular flexibility index (Phi) is 6.82. The SMILES string of the molecule is O=C(CNc1ccccc1S(=O)(=O)N1CCCCC1)N[C@@H]1CCCN(c2ncnc3[nH]ncc23)C1. The van der Waals surface area contributed by atoms with Crippen molar-refractivity contribution in [3.05, 3.63) is 36.8 Å². The number of carbonyl (C=O) groups excluding carboxylic acids is 1. The topological polar surface area (TPSA) is 136 Å². The third-order valence-corrected chi connectivity index (χ3v) is 8.53. The van der Waals surface area contributed by atoms with Crippen molar-refractivity contribution in [1.82, 2.24) is 29.8 Å². The standard InChI is InChI=1S/C23H30N8O3S/c32-21(14-24-19-8-2-3-9-20(19)35(33,34)31-11-4-1-5-12-31)28-17-7-6-10-30(15-17)23-18-13-27-29-22(18)25-16-26-23/h2-3,8-9,13,16-17,24H,1,4-7,10-12,14-15H2,(H,28,32)(H,25,26,27,29)/t17-/m1/s1. The van der Waals surface area contributed by atoms with Gasteiger partial charge in [0, 0.05) is 32.2 Å². The average molecular weight is 499 g/mol. The van der Waals surface area contributed by atoms with Crippen LogP contribution in [0.5, 0.6) is 0 Å². The lowest BCUT2D eigenvalue weighted by molar-refractivity contribution is -0.120. The summed E-state index contributed by atoms with van der Waals surface area (Å²) in [6.45, 7) is 2.52. The Bertz CT molecular complexity index is 1290. The number of para-hydroxylation sites is 1. The number of amides is 1. The van der Waals surface area contributed by atoms with E-state index >= 15 is 0 Å². The highest BCUT2D eigenvalue weighted by Gasteiger charge is 2.28. The molecule has 4 heterocycles. The Morgan fingerprint density at radius 3 is 2.77 bits per heavy atom. The van der Waals surface area contributed by atoms with Gasteiger partial charge in [-0.2, -0.15) is 9.40 Å². The quantitative estimate of drug-likeness (QED) is 0.448. The van der Waals surface area contributed by atoms with Crippen LogP contribution in [0.4, 0.5) is 11.5 Å². The number of aromatic nitrogens is 4. The van der Waals surface area contributed by atoms with Crippen LogP contribution in [0.3, 0.4) is 0 Å². The first kappa shape index (κ1) is 23.5. The van der Waals surface area contributed by atoms with E-state index in [9.17, 15) is 13.2 Å². The Hall–Kier alpha value is -3.25. The number of piperidine rings is 2. The summed E-state index contributed by atoms with van der Waals surface area (Å²) in [4.78, 5) is 23.7. The van der Waals surface area contributed by atoms with Crippen molar-refractivity contribution in [3.63, 3.8) is 0 Å². The monoisotopic (exact) mass is 498 g/mol. The lowest BCUT2D eigenvalue weighted by Gasteiger charge is -2.34. The number of aromatic amines is 1. The number of hydrogen-bond acceptors (Lipinski definition) is 8. The summed E-state index contributed by atoms with van der Waals surface area (Å²) >= 11 is 0. The zero-order valence-electron chi connectivity index (χ0n) is 19.5. The van der Waals surface area contributed by atoms with Crippen molar-refractivity contribution in [2.75, 3.05) is 42.9 Å². The second kappa shape index (κ2) is 10.2. The molecule has 1 aromatic carbocycles. The van der Waals surface area contributed by atoms with Gasteiger partial charge in [-0.05, 0) is 37.8 Å². The first-order valence-electron chi connectivity index (χ1n) is 12.0. The molecule has 2 fully saturated rings. The van der Waals surface area contributed by atoms with E-state index in [2.05, 4.69) is 35.7 Å². The van der Waals surface area contributed by atoms with Crippen LogP contribution >= 0.6 is 0 Å². The van der Waals surface area contributed by atoms with Gasteiger partial charge in [0.05, 0.1) is 23.8 Å². The predicted molar refractivity (Wildman–Crippen MR) is 133 cm³/mol. The van der Waals surface area contributed by atoms with Gasteiger partial charge in [0.15, 0.2) is 5.65 Å². The lowest BCUT2D eigenvalue weighted by atomic mass is 10.1. The molecule has 5 rings (SSSR count). The van der Waals surface area contributed by atoms with E-state index in [1.54, 1.807) is 30.5 Å². The molecule has 0 saturated carbocycles. The molecule has 2 aliphatic rings. The smallest absolute Gasteiger partial charge is 0.245 e. The van der Waals surface area contributed by atoms with Crippen molar-refractivity contribution in [1.29, 1.82) is 0 Å². The molecular formula is C23H30N8O3S. The summed E-state index contributed by atoms with van der Waals surface area (Å²) in [6, 6.07) is 6.75. The Morgan fingerprint density at radius 1 is 1.09 bits per heavy atom. The zero-order chi connectivity index (χ0) is 24.3. The number of fused-ring (bicyclic) bond motifs is 1. The van der Waals surface area contributed by atoms with Gasteiger partial charge >= 0.3 is 0 Å². The van der Waals surface area contributed by atoms with Gasteiger partial charge in [-0.25, -0.2) is 18.4 Å². The van der Waals surface area contributed by atoms with Crippen LogP contribution in [0.1, 0.15) is 32.1 Å². The Balaban J connectivity index is 1.21. The molecule has 0 radical (unpaired) electrons. The zero-order valence-corrected chi connectivity index (χ0v) is 20.3. The third kappa shape index (κ3) is 5.08. The van der Waals surface area contributed by atoms with Crippen LogP contribution in [0.25, 0.3) is 11.0 Å². The number of sulfonamides is 1. The van der Waals surface area contributed by atoms with Crippen LogP contribution in [0.15, 0.2) is 41.7 Å². The highest BCUT2D eigenvalue weighted by Crippen LogP contribution is 2.27. The molecule has 2 aliphatic heterocycles. The van der Waals surface area contributed by atoms with Crippen LogP contribution in [-0.2, 0) is 14.8 Å². The number of benzene rings is 1. The molecule has 0 unspecified atom stereocenters. The molecule has 1 atom stereocenters. The molecule has 0 spiro atoms. The number of anilines is 2. The molecule has 3 N–H and O–H groups in total. The summed E-state index contributed by atoms with van der Waals surface area (Å²) in [5.41, 5.74) is 1.13. The minimum atomic E-state index is -3.61. The van der Waals surface area contributed by atoms with Crippen molar-refractivity contribution >= 4 is 38.5 Å². The van der Waals surface area contributed by atoms with Gasteiger partial charge in [-0.1, -0.05) is 18.6 Å². The van der Waals surface area contributed by atoms with E-state index in [0.29, 0.717) is 31.0 Å². The van der Waals surface area contributed by atoms with Gasteiger partial charge in [0.25, 0.3) is 0 Å². The second-order valence-corrected chi connectivity index (χ2v) is 10.9. The minimum Gasteiger partial charge on any atom is -0.375 e. The number of H-pyrrole nitrogens is 1. The van der Waals surface area contributed by atoms with Gasteiger partial charge < -0.3 is 15.5 Å². The molecule has 0 bridgehead atoms. The number of nitrogens with zero attached hydrogens (tertiary/aromatic N) is 5. The largest absolute Gasteiger partial charge is 0.375 e. The summed E-state index contributed by atoms with van der Waals surface area (Å²) in [7, 11) is -3.61. The molecule has 12 heteroatoms. The molecular weight excluding hydrogens is 468 g/mol. The Morgan fingerprint density at radius 2 is 1.91 bits per heavy atom. The second-order valence-electron chi connectivity index (χ2n) is 9.00. The third-order valence-electron chi connectivity index (χ3n) is 6.57. The van der Waals surface area contributed by atoms with Crippen LogP contribution in [0.2, 0.25) is 0 Å². The summed E-state index contributed by atoms with van der Waals surface area (Å²) in [5, 5.41) is 13.9. The van der Waals surface area contributed by atoms with E-state index in [-0.39, 0.29) is 23.4 Å². The van der Waals surface area contributed by atoms with Crippen LogP contribution < -0.4 is 15.5 Å². The van der Waals surface area contributed by atoms with Gasteiger partial charge in [-0.3, -0.25) is 9.89 Å². The summed E-state index contributed by atoms with van der Waals surface area (Å²) < 4.78 is 27.9. The van der Waals surface area contributed by atoms with E-state index in [1.165, 1.54) is 10.6 Å². The molecule has 2 saturated heterocycles. The molecule has 3 aromatic rings. The van der Waals surface area contributed by atoms with Crippen molar-refractivity contribution in [3.8, 4) is 0 Å². The number of hydrogen-bond donors (Lipinski definition) is 3. The summed E-state index contributed by atoms with van der Waals surface area (Å²) in [6.07, 6.45) is 7.80. The fourth-order valence-electron chi connectivity index (χ4n) is 4.83. The van der Waals surface area contributed by atoms with Crippen molar-refractivity contribution in [2.24, 2.45) is 0 Å². The van der Waals surface area contributed by atoms with Gasteiger partial charge in [-0.15, -0.1) is 0 Å².